The van der Waals surface area contributed by atoms with Crippen LogP contribution in [-0.2, 0) is 9.53 Å². The van der Waals surface area contributed by atoms with E-state index in [1.807, 2.05) is 0 Å². The van der Waals surface area contributed by atoms with Crippen LogP contribution in [0, 0.1) is 11.7 Å². The predicted molar refractivity (Wildman–Crippen MR) is 121 cm³/mol. The minimum absolute atomic E-state index is 0.169. The molecule has 1 aliphatic heterocycles. The molecule has 168 valence electrons. The monoisotopic (exact) mass is 458 g/mol. The van der Waals surface area contributed by atoms with Gasteiger partial charge in [-0.1, -0.05) is 17.7 Å². The highest BCUT2D eigenvalue weighted by molar-refractivity contribution is 6.31. The summed E-state index contributed by atoms with van der Waals surface area (Å²) in [5.74, 6) is 0.0376. The first kappa shape index (κ1) is 22.2. The van der Waals surface area contributed by atoms with E-state index in [1.54, 1.807) is 24.5 Å². The molecule has 10 heteroatoms. The van der Waals surface area contributed by atoms with Crippen molar-refractivity contribution in [1.29, 1.82) is 0 Å². The van der Waals surface area contributed by atoms with Gasteiger partial charge in [-0.2, -0.15) is 0 Å². The van der Waals surface area contributed by atoms with E-state index in [1.165, 1.54) is 19.4 Å². The zero-order valence-corrected chi connectivity index (χ0v) is 18.4. The normalized spacial score (nSPS) is 17.2. The number of esters is 1. The second-order valence-electron chi connectivity index (χ2n) is 7.72. The van der Waals surface area contributed by atoms with Gasteiger partial charge in [0.2, 0.25) is 0 Å². The number of hydrogen-bond donors (Lipinski definition) is 2. The van der Waals surface area contributed by atoms with Crippen LogP contribution in [0.15, 0.2) is 36.8 Å². The van der Waals surface area contributed by atoms with Crippen LogP contribution in [0.5, 0.6) is 0 Å². The number of rotatable bonds is 7. The van der Waals surface area contributed by atoms with Gasteiger partial charge in [0.05, 0.1) is 18.3 Å². The van der Waals surface area contributed by atoms with Gasteiger partial charge in [0, 0.05) is 49.1 Å². The van der Waals surface area contributed by atoms with Gasteiger partial charge < -0.3 is 15.0 Å². The lowest BCUT2D eigenvalue weighted by Crippen LogP contribution is -2.38. The minimum Gasteiger partial charge on any atom is -0.466 e. The molecular weight excluding hydrogens is 435 g/mol. The summed E-state index contributed by atoms with van der Waals surface area (Å²) < 4.78 is 19.0. The van der Waals surface area contributed by atoms with Crippen LogP contribution in [0.1, 0.15) is 12.8 Å². The number of aromatic nitrogens is 4. The van der Waals surface area contributed by atoms with Gasteiger partial charge >= 0.3 is 5.97 Å². The van der Waals surface area contributed by atoms with Crippen molar-refractivity contribution in [3.63, 3.8) is 0 Å². The molecule has 1 unspecified atom stereocenters. The summed E-state index contributed by atoms with van der Waals surface area (Å²) in [6.07, 6.45) is 9.79. The van der Waals surface area contributed by atoms with Crippen LogP contribution in [0.3, 0.4) is 0 Å². The Morgan fingerprint density at radius 2 is 2.31 bits per heavy atom. The Bertz CT molecular complexity index is 1130. The molecule has 4 heterocycles. The molecular formula is C22H24ClFN6O2. The number of carbonyl (C=O) groups excluding carboxylic acids is 1. The summed E-state index contributed by atoms with van der Waals surface area (Å²) >= 11 is 6.07. The Morgan fingerprint density at radius 3 is 3.16 bits per heavy atom. The quantitative estimate of drug-likeness (QED) is 0.412. The number of ether oxygens (including phenoxy) is 1. The van der Waals surface area contributed by atoms with E-state index in [0.717, 1.165) is 31.3 Å². The maximum Gasteiger partial charge on any atom is 0.330 e. The van der Waals surface area contributed by atoms with Gasteiger partial charge in [-0.3, -0.25) is 4.90 Å². The number of piperidine rings is 1. The molecule has 0 radical (unpaired) electrons. The SMILES string of the molecule is COC(=O)C=CCN1CCCC(CNc2nc(-c3c[nH]c4ncc(Cl)cc34)ncc2F)C1. The van der Waals surface area contributed by atoms with Crippen molar-refractivity contribution < 1.29 is 13.9 Å². The Balaban J connectivity index is 1.42. The zero-order valence-electron chi connectivity index (χ0n) is 17.6. The number of halogens is 2. The van der Waals surface area contributed by atoms with E-state index < -0.39 is 5.82 Å². The average molecular weight is 459 g/mol. The van der Waals surface area contributed by atoms with E-state index in [4.69, 9.17) is 11.6 Å². The Hall–Kier alpha value is -3.04. The van der Waals surface area contributed by atoms with E-state index in [2.05, 4.69) is 34.9 Å². The number of nitrogens with zero attached hydrogens (tertiary/aromatic N) is 4. The van der Waals surface area contributed by atoms with E-state index >= 15 is 0 Å². The molecule has 0 saturated carbocycles. The maximum atomic E-state index is 14.4. The first-order valence-electron chi connectivity index (χ1n) is 10.4. The number of likely N-dealkylation sites (tertiary alicyclic amines) is 1. The topological polar surface area (TPSA) is 96.0 Å². The summed E-state index contributed by atoms with van der Waals surface area (Å²) in [6.45, 7) is 3.08. The van der Waals surface area contributed by atoms with E-state index in [9.17, 15) is 9.18 Å². The second-order valence-corrected chi connectivity index (χ2v) is 8.15. The first-order valence-corrected chi connectivity index (χ1v) is 10.8. The number of H-pyrrole nitrogens is 1. The number of hydrogen-bond acceptors (Lipinski definition) is 7. The fourth-order valence-corrected chi connectivity index (χ4v) is 4.03. The fourth-order valence-electron chi connectivity index (χ4n) is 3.87. The molecule has 0 bridgehead atoms. The van der Waals surface area contributed by atoms with Crippen molar-refractivity contribution in [3.05, 3.63) is 47.6 Å². The van der Waals surface area contributed by atoms with Crippen molar-refractivity contribution in [3.8, 4) is 11.4 Å². The van der Waals surface area contributed by atoms with Crippen LogP contribution < -0.4 is 5.32 Å². The molecule has 4 rings (SSSR count). The van der Waals surface area contributed by atoms with Gasteiger partial charge in [-0.15, -0.1) is 0 Å². The molecule has 0 spiro atoms. The highest BCUT2D eigenvalue weighted by atomic mass is 35.5. The van der Waals surface area contributed by atoms with Gasteiger partial charge in [0.25, 0.3) is 0 Å². The van der Waals surface area contributed by atoms with Crippen molar-refractivity contribution in [2.24, 2.45) is 5.92 Å². The third-order valence-electron chi connectivity index (χ3n) is 5.46. The standard InChI is InChI=1S/C22H24ClFN6O2/c1-32-19(31)5-3-7-30-6-2-4-14(13-30)9-25-22-18(24)12-28-21(29-22)17-11-27-20-16(17)8-15(23)10-26-20/h3,5,8,10-12,14H,2,4,6-7,9,13H2,1H3,(H,26,27)(H,25,28,29). The number of nitrogens with one attached hydrogen (secondary N) is 2. The summed E-state index contributed by atoms with van der Waals surface area (Å²) in [6, 6.07) is 1.78. The van der Waals surface area contributed by atoms with E-state index in [0.29, 0.717) is 41.1 Å². The van der Waals surface area contributed by atoms with E-state index in [-0.39, 0.29) is 11.8 Å². The minimum atomic E-state index is -0.501. The summed E-state index contributed by atoms with van der Waals surface area (Å²) in [5, 5.41) is 4.43. The highest BCUT2D eigenvalue weighted by Crippen LogP contribution is 2.28. The van der Waals surface area contributed by atoms with Crippen LogP contribution in [0.25, 0.3) is 22.4 Å². The Labute approximate surface area is 189 Å². The third-order valence-corrected chi connectivity index (χ3v) is 5.67. The Morgan fingerprint density at radius 1 is 1.44 bits per heavy atom. The second kappa shape index (κ2) is 10.1. The number of fused-ring (bicyclic) bond motifs is 1. The number of pyridine rings is 1. The molecule has 0 aromatic carbocycles. The van der Waals surface area contributed by atoms with Gasteiger partial charge in [0.1, 0.15) is 5.65 Å². The molecule has 0 aliphatic carbocycles. The fraction of sp³-hybridized carbons (Fsp3) is 0.364. The molecule has 0 amide bonds. The van der Waals surface area contributed by atoms with Crippen molar-refractivity contribution in [2.75, 3.05) is 38.6 Å². The molecule has 3 aromatic rings. The maximum absolute atomic E-state index is 14.4. The summed E-state index contributed by atoms with van der Waals surface area (Å²) in [4.78, 5) is 29.3. The molecule has 1 atom stereocenters. The molecule has 2 N–H and O–H groups in total. The Kier molecular flexibility index (Phi) is 6.96. The number of methoxy groups -OCH3 is 1. The van der Waals surface area contributed by atoms with Crippen LogP contribution in [-0.4, -0.2) is 64.1 Å². The van der Waals surface area contributed by atoms with Crippen molar-refractivity contribution in [2.45, 2.75) is 12.8 Å². The lowest BCUT2D eigenvalue weighted by Gasteiger charge is -2.32. The van der Waals surface area contributed by atoms with Crippen molar-refractivity contribution >= 4 is 34.4 Å². The van der Waals surface area contributed by atoms with Crippen LogP contribution >= 0.6 is 11.6 Å². The van der Waals surface area contributed by atoms with Crippen LogP contribution in [0.2, 0.25) is 5.02 Å². The first-order chi connectivity index (χ1) is 15.5. The summed E-state index contributed by atoms with van der Waals surface area (Å²) in [5.41, 5.74) is 1.37. The molecule has 8 nitrogen and oxygen atoms in total. The number of aromatic amines is 1. The zero-order chi connectivity index (χ0) is 22.5. The lowest BCUT2D eigenvalue weighted by molar-refractivity contribution is -0.134. The van der Waals surface area contributed by atoms with Gasteiger partial charge in [-0.25, -0.2) is 24.1 Å². The highest BCUT2D eigenvalue weighted by Gasteiger charge is 2.20. The largest absolute Gasteiger partial charge is 0.466 e. The molecule has 1 saturated heterocycles. The third kappa shape index (κ3) is 5.23. The van der Waals surface area contributed by atoms with Gasteiger partial charge in [-0.05, 0) is 31.4 Å². The molecule has 1 fully saturated rings. The van der Waals surface area contributed by atoms with Crippen LogP contribution in [0.4, 0.5) is 10.2 Å². The van der Waals surface area contributed by atoms with Gasteiger partial charge in [0.15, 0.2) is 17.5 Å². The number of anilines is 1. The number of carbonyl (C=O) groups is 1. The molecule has 3 aromatic heterocycles. The average Bonchev–Trinajstić information content (AvgIpc) is 3.21. The smallest absolute Gasteiger partial charge is 0.330 e. The predicted octanol–water partition coefficient (Wildman–Crippen LogP) is 3.67. The molecule has 32 heavy (non-hydrogen) atoms. The summed E-state index contributed by atoms with van der Waals surface area (Å²) in [7, 11) is 1.36. The lowest BCUT2D eigenvalue weighted by atomic mass is 9.98. The molecule has 1 aliphatic rings. The van der Waals surface area contributed by atoms with Crippen molar-refractivity contribution in [1.82, 2.24) is 24.8 Å².